The molecule has 94 valence electrons. The number of aryl methyl sites for hydroxylation is 2. The fourth-order valence-electron chi connectivity index (χ4n) is 1.67. The highest BCUT2D eigenvalue weighted by atomic mass is 32.1. The summed E-state index contributed by atoms with van der Waals surface area (Å²) in [7, 11) is 0. The Labute approximate surface area is 108 Å². The Hall–Kier alpha value is -2.02. The van der Waals surface area contributed by atoms with E-state index in [2.05, 4.69) is 14.9 Å². The predicted octanol–water partition coefficient (Wildman–Crippen LogP) is 2.68. The highest BCUT2D eigenvalue weighted by Crippen LogP contribution is 2.26. The van der Waals surface area contributed by atoms with Gasteiger partial charge in [-0.15, -0.1) is 5.10 Å². The van der Waals surface area contributed by atoms with Gasteiger partial charge in [-0.1, -0.05) is 4.49 Å². The molecule has 2 aromatic rings. The number of benzene rings is 1. The Morgan fingerprint density at radius 1 is 1.39 bits per heavy atom. The van der Waals surface area contributed by atoms with Crippen molar-refractivity contribution in [1.82, 2.24) is 9.59 Å². The average Bonchev–Trinajstić information content (AvgIpc) is 2.80. The zero-order chi connectivity index (χ0) is 13.1. The second-order valence-corrected chi connectivity index (χ2v) is 4.57. The van der Waals surface area contributed by atoms with Gasteiger partial charge in [-0.25, -0.2) is 0 Å². The number of aromatic nitrogens is 2. The first-order chi connectivity index (χ1) is 8.58. The standard InChI is InChI=1S/C11H12N4O2S/c1-7-3-8(2)11(15(16)17)4-10(7)12-5-9-6-18-14-13-9/h3-4,6,12H,5H2,1-2H3. The Bertz CT molecular complexity index is 569. The Morgan fingerprint density at radius 3 is 2.78 bits per heavy atom. The molecule has 0 radical (unpaired) electrons. The van der Waals surface area contributed by atoms with Crippen LogP contribution in [-0.4, -0.2) is 14.5 Å². The van der Waals surface area contributed by atoms with Crippen molar-refractivity contribution >= 4 is 22.9 Å². The van der Waals surface area contributed by atoms with Crippen LogP contribution in [0.15, 0.2) is 17.5 Å². The van der Waals surface area contributed by atoms with Crippen LogP contribution in [0.2, 0.25) is 0 Å². The molecular weight excluding hydrogens is 252 g/mol. The molecule has 0 spiro atoms. The van der Waals surface area contributed by atoms with Crippen molar-refractivity contribution in [2.75, 3.05) is 5.32 Å². The van der Waals surface area contributed by atoms with E-state index >= 15 is 0 Å². The van der Waals surface area contributed by atoms with E-state index in [-0.39, 0.29) is 10.6 Å². The summed E-state index contributed by atoms with van der Waals surface area (Å²) in [5.41, 5.74) is 3.34. The zero-order valence-electron chi connectivity index (χ0n) is 10.0. The lowest BCUT2D eigenvalue weighted by atomic mass is 10.1. The Balaban J connectivity index is 2.22. The molecule has 0 aliphatic heterocycles. The van der Waals surface area contributed by atoms with E-state index in [1.54, 1.807) is 19.1 Å². The summed E-state index contributed by atoms with van der Waals surface area (Å²) in [6.07, 6.45) is 0. The number of hydrogen-bond acceptors (Lipinski definition) is 6. The molecule has 0 saturated heterocycles. The van der Waals surface area contributed by atoms with Gasteiger partial charge in [0.1, 0.15) is 0 Å². The van der Waals surface area contributed by atoms with Crippen LogP contribution in [0.5, 0.6) is 0 Å². The molecule has 0 amide bonds. The minimum Gasteiger partial charge on any atom is -0.379 e. The molecule has 6 nitrogen and oxygen atoms in total. The van der Waals surface area contributed by atoms with Crippen LogP contribution in [0.3, 0.4) is 0 Å². The second-order valence-electron chi connectivity index (χ2n) is 3.96. The summed E-state index contributed by atoms with van der Waals surface area (Å²) < 4.78 is 3.76. The van der Waals surface area contributed by atoms with E-state index in [1.807, 2.05) is 12.3 Å². The van der Waals surface area contributed by atoms with E-state index in [0.717, 1.165) is 16.9 Å². The third-order valence-corrected chi connectivity index (χ3v) is 3.16. The first-order valence-electron chi connectivity index (χ1n) is 5.33. The topological polar surface area (TPSA) is 81.0 Å². The number of rotatable bonds is 4. The molecule has 1 aromatic carbocycles. The van der Waals surface area contributed by atoms with Crippen LogP contribution in [0.4, 0.5) is 11.4 Å². The highest BCUT2D eigenvalue weighted by molar-refractivity contribution is 7.03. The molecule has 0 bridgehead atoms. The van der Waals surface area contributed by atoms with Crippen LogP contribution >= 0.6 is 11.5 Å². The smallest absolute Gasteiger partial charge is 0.274 e. The van der Waals surface area contributed by atoms with Gasteiger partial charge in [0.05, 0.1) is 17.2 Å². The van der Waals surface area contributed by atoms with E-state index in [9.17, 15) is 10.1 Å². The monoisotopic (exact) mass is 264 g/mol. The third-order valence-electron chi connectivity index (χ3n) is 2.60. The van der Waals surface area contributed by atoms with Crippen molar-refractivity contribution in [1.29, 1.82) is 0 Å². The van der Waals surface area contributed by atoms with Gasteiger partial charge in [-0.2, -0.15) is 0 Å². The first kappa shape index (κ1) is 12.4. The number of nitrogens with zero attached hydrogens (tertiary/aromatic N) is 3. The zero-order valence-corrected chi connectivity index (χ0v) is 10.8. The van der Waals surface area contributed by atoms with Crippen LogP contribution < -0.4 is 5.32 Å². The molecule has 7 heteroatoms. The van der Waals surface area contributed by atoms with Crippen molar-refractivity contribution in [3.8, 4) is 0 Å². The summed E-state index contributed by atoms with van der Waals surface area (Å²) in [6.45, 7) is 4.16. The minimum atomic E-state index is -0.371. The molecule has 0 fully saturated rings. The number of nitrogens with one attached hydrogen (secondary N) is 1. The van der Waals surface area contributed by atoms with E-state index in [0.29, 0.717) is 12.1 Å². The summed E-state index contributed by atoms with van der Waals surface area (Å²) >= 11 is 1.28. The SMILES string of the molecule is Cc1cc(C)c([N+](=O)[O-])cc1NCc1csnn1. The van der Waals surface area contributed by atoms with Crippen molar-refractivity contribution in [3.63, 3.8) is 0 Å². The molecule has 0 aliphatic carbocycles. The molecule has 0 unspecified atom stereocenters. The van der Waals surface area contributed by atoms with Gasteiger partial charge >= 0.3 is 0 Å². The number of nitro groups is 1. The summed E-state index contributed by atoms with van der Waals surface area (Å²) in [5.74, 6) is 0. The fourth-order valence-corrected chi connectivity index (χ4v) is 2.13. The maximum Gasteiger partial charge on any atom is 0.274 e. The van der Waals surface area contributed by atoms with Crippen LogP contribution in [0.1, 0.15) is 16.8 Å². The van der Waals surface area contributed by atoms with Crippen molar-refractivity contribution in [2.45, 2.75) is 20.4 Å². The van der Waals surface area contributed by atoms with Crippen molar-refractivity contribution < 1.29 is 4.92 Å². The van der Waals surface area contributed by atoms with Crippen LogP contribution in [0.25, 0.3) is 0 Å². The van der Waals surface area contributed by atoms with E-state index in [4.69, 9.17) is 0 Å². The van der Waals surface area contributed by atoms with Gasteiger partial charge in [-0.3, -0.25) is 10.1 Å². The summed E-state index contributed by atoms with van der Waals surface area (Å²) in [5, 5.41) is 19.8. The molecule has 0 atom stereocenters. The third kappa shape index (κ3) is 2.62. The largest absolute Gasteiger partial charge is 0.379 e. The van der Waals surface area contributed by atoms with E-state index in [1.165, 1.54) is 11.5 Å². The maximum absolute atomic E-state index is 10.9. The molecule has 1 N–H and O–H groups in total. The van der Waals surface area contributed by atoms with Gasteiger partial charge in [0.2, 0.25) is 0 Å². The molecule has 1 heterocycles. The molecular formula is C11H12N4O2S. The molecule has 1 aromatic heterocycles. The van der Waals surface area contributed by atoms with Gasteiger partial charge in [-0.05, 0) is 37.0 Å². The fraction of sp³-hybridized carbons (Fsp3) is 0.273. The highest BCUT2D eigenvalue weighted by Gasteiger charge is 2.13. The normalized spacial score (nSPS) is 10.3. The van der Waals surface area contributed by atoms with Gasteiger partial charge in [0.25, 0.3) is 5.69 Å². The number of hydrogen-bond donors (Lipinski definition) is 1. The van der Waals surface area contributed by atoms with Gasteiger partial charge in [0.15, 0.2) is 0 Å². The Kier molecular flexibility index (Phi) is 3.52. The second kappa shape index (κ2) is 5.09. The lowest BCUT2D eigenvalue weighted by molar-refractivity contribution is -0.385. The Morgan fingerprint density at radius 2 is 2.17 bits per heavy atom. The lowest BCUT2D eigenvalue weighted by Crippen LogP contribution is -2.03. The molecule has 0 aliphatic rings. The minimum absolute atomic E-state index is 0.125. The van der Waals surface area contributed by atoms with Crippen molar-refractivity contribution in [3.05, 3.63) is 44.4 Å². The maximum atomic E-state index is 10.9. The first-order valence-corrected chi connectivity index (χ1v) is 6.17. The van der Waals surface area contributed by atoms with Crippen molar-refractivity contribution in [2.24, 2.45) is 0 Å². The lowest BCUT2D eigenvalue weighted by Gasteiger charge is -2.09. The molecule has 18 heavy (non-hydrogen) atoms. The number of nitro benzene ring substituents is 1. The molecule has 2 rings (SSSR count). The van der Waals surface area contributed by atoms with Gasteiger partial charge in [0, 0.05) is 22.7 Å². The summed E-state index contributed by atoms with van der Waals surface area (Å²) in [4.78, 5) is 10.5. The van der Waals surface area contributed by atoms with E-state index < -0.39 is 0 Å². The summed E-state index contributed by atoms with van der Waals surface area (Å²) in [6, 6.07) is 3.37. The molecule has 0 saturated carbocycles. The van der Waals surface area contributed by atoms with Gasteiger partial charge < -0.3 is 5.32 Å². The van der Waals surface area contributed by atoms with Crippen LogP contribution in [0, 0.1) is 24.0 Å². The quantitative estimate of drug-likeness (QED) is 0.678. The van der Waals surface area contributed by atoms with Crippen LogP contribution in [-0.2, 0) is 6.54 Å². The number of anilines is 1. The predicted molar refractivity (Wildman–Crippen MR) is 69.8 cm³/mol. The average molecular weight is 264 g/mol.